The summed E-state index contributed by atoms with van der Waals surface area (Å²) in [4.78, 5) is -0.0666. The Morgan fingerprint density at radius 2 is 1.14 bits per heavy atom. The highest BCUT2D eigenvalue weighted by Gasteiger charge is 2.06. The van der Waals surface area contributed by atoms with Crippen molar-refractivity contribution in [2.75, 3.05) is 18.3 Å². The predicted molar refractivity (Wildman–Crippen MR) is 126 cm³/mol. The maximum atomic E-state index is 10.5. The lowest BCUT2D eigenvalue weighted by Gasteiger charge is -2.02. The van der Waals surface area contributed by atoms with E-state index in [1.54, 1.807) is 12.1 Å². The van der Waals surface area contributed by atoms with Crippen LogP contribution < -0.4 is 0 Å². The first kappa shape index (κ1) is 27.5. The van der Waals surface area contributed by atoms with Gasteiger partial charge in [0.2, 0.25) is 0 Å². The van der Waals surface area contributed by atoms with Crippen molar-refractivity contribution in [1.82, 2.24) is 0 Å². The van der Waals surface area contributed by atoms with Crippen molar-refractivity contribution in [3.05, 3.63) is 29.8 Å². The molecule has 3 nitrogen and oxygen atoms in total. The van der Waals surface area contributed by atoms with E-state index in [0.717, 1.165) is 5.56 Å². The van der Waals surface area contributed by atoms with E-state index in [9.17, 15) is 8.42 Å². The molecule has 164 valence electrons. The zero-order chi connectivity index (χ0) is 21.3. The van der Waals surface area contributed by atoms with Gasteiger partial charge >= 0.3 is 0 Å². The quantitative estimate of drug-likeness (QED) is 0.200. The largest absolute Gasteiger partial charge is 0.294 e. The highest BCUT2D eigenvalue weighted by Crippen LogP contribution is 2.12. The summed E-state index contributed by atoms with van der Waals surface area (Å²) in [6.07, 6.45) is 22.3. The second-order valence-electron chi connectivity index (χ2n) is 7.87. The first-order valence-corrected chi connectivity index (χ1v) is 14.5. The van der Waals surface area contributed by atoms with E-state index in [1.165, 1.54) is 94.9 Å². The molecule has 0 atom stereocenters. The third-order valence-corrected chi connectivity index (χ3v) is 6.70. The molecule has 0 saturated heterocycles. The van der Waals surface area contributed by atoms with Crippen molar-refractivity contribution in [2.24, 2.45) is 0 Å². The number of rotatable bonds is 14. The Hall–Kier alpha value is -0.520. The van der Waals surface area contributed by atoms with Crippen molar-refractivity contribution >= 4 is 21.0 Å². The number of hydrogen-bond acceptors (Lipinski definition) is 2. The minimum Gasteiger partial charge on any atom is -0.282 e. The fourth-order valence-electron chi connectivity index (χ4n) is 2.94. The average molecular weight is 432 g/mol. The maximum Gasteiger partial charge on any atom is 0.294 e. The molecule has 28 heavy (non-hydrogen) atoms. The third-order valence-electron chi connectivity index (χ3n) is 4.72. The molecule has 0 aliphatic carbocycles. The Balaban J connectivity index is 0.000000567. The van der Waals surface area contributed by atoms with Gasteiger partial charge in [0.05, 0.1) is 17.4 Å². The third kappa shape index (κ3) is 17.6. The van der Waals surface area contributed by atoms with E-state index in [0.29, 0.717) is 10.9 Å². The predicted octanol–water partition coefficient (Wildman–Crippen LogP) is 6.81. The first-order chi connectivity index (χ1) is 13.3. The van der Waals surface area contributed by atoms with E-state index in [2.05, 4.69) is 19.4 Å². The van der Waals surface area contributed by atoms with Gasteiger partial charge in [0.15, 0.2) is 0 Å². The summed E-state index contributed by atoms with van der Waals surface area (Å²) in [7, 11) is -3.35. The molecule has 1 N–H and O–H groups in total. The molecule has 0 fully saturated rings. The lowest BCUT2D eigenvalue weighted by atomic mass is 10.1. The molecule has 1 aromatic carbocycles. The fourth-order valence-corrected chi connectivity index (χ4v) is 4.20. The maximum absolute atomic E-state index is 10.5. The second-order valence-corrected chi connectivity index (χ2v) is 11.7. The molecule has 0 saturated carbocycles. The van der Waals surface area contributed by atoms with Gasteiger partial charge in [-0.25, -0.2) is 0 Å². The summed E-state index contributed by atoms with van der Waals surface area (Å²) in [5, 5.41) is 0. The normalized spacial score (nSPS) is 11.4. The summed E-state index contributed by atoms with van der Waals surface area (Å²) in [6, 6.07) is 5.99. The molecule has 0 aromatic heterocycles. The Bertz CT molecular complexity index is 566. The topological polar surface area (TPSA) is 54.4 Å². The monoisotopic (exact) mass is 431 g/mol. The molecular weight excluding hydrogens is 388 g/mol. The fraction of sp³-hybridized carbons (Fsp3) is 0.739. The summed E-state index contributed by atoms with van der Waals surface area (Å²) >= 11 is 0. The van der Waals surface area contributed by atoms with Crippen LogP contribution in [0.4, 0.5) is 0 Å². The number of hydrogen-bond donors (Lipinski definition) is 1. The van der Waals surface area contributed by atoms with E-state index in [4.69, 9.17) is 4.55 Å². The van der Waals surface area contributed by atoms with Crippen molar-refractivity contribution in [3.63, 3.8) is 0 Å². The van der Waals surface area contributed by atoms with Gasteiger partial charge < -0.3 is 0 Å². The smallest absolute Gasteiger partial charge is 0.282 e. The molecule has 0 aliphatic heterocycles. The van der Waals surface area contributed by atoms with Crippen molar-refractivity contribution < 1.29 is 13.0 Å². The Labute approximate surface area is 177 Å². The molecule has 0 heterocycles. The van der Waals surface area contributed by atoms with Crippen molar-refractivity contribution in [1.29, 1.82) is 0 Å². The minimum absolute atomic E-state index is 0.0666. The average Bonchev–Trinajstić information content (AvgIpc) is 2.62. The van der Waals surface area contributed by atoms with Gasteiger partial charge in [-0.15, -0.1) is 0 Å². The molecule has 0 amide bonds. The minimum atomic E-state index is -4.02. The van der Waals surface area contributed by atoms with Crippen LogP contribution in [-0.4, -0.2) is 31.2 Å². The SMILES string of the molecule is CCCCCCCCCCCCCC[S+](C)C.Cc1ccc(S(=O)(=O)O)cc1. The van der Waals surface area contributed by atoms with Gasteiger partial charge in [0.1, 0.15) is 5.75 Å². The Morgan fingerprint density at radius 1 is 0.750 bits per heavy atom. The van der Waals surface area contributed by atoms with Crippen LogP contribution >= 0.6 is 0 Å². The van der Waals surface area contributed by atoms with Gasteiger partial charge in [0, 0.05) is 0 Å². The second kappa shape index (κ2) is 17.3. The number of aryl methyl sites for hydroxylation is 1. The van der Waals surface area contributed by atoms with Crippen LogP contribution in [-0.2, 0) is 21.0 Å². The van der Waals surface area contributed by atoms with Gasteiger partial charge in [-0.1, -0.05) is 88.8 Å². The standard InChI is InChI=1S/C16H35S.C7H8O3S/c1-4-5-6-7-8-9-10-11-12-13-14-15-16-17(2)3;1-6-2-4-7(5-3-6)11(8,9)10/h4-16H2,1-3H3;2-5H,1H3,(H,8,9,10)/q+1;. The summed E-state index contributed by atoms with van der Waals surface area (Å²) in [5.41, 5.74) is 0.956. The molecule has 1 aromatic rings. The highest BCUT2D eigenvalue weighted by molar-refractivity contribution is 7.95. The van der Waals surface area contributed by atoms with Crippen LogP contribution in [0.1, 0.15) is 89.5 Å². The van der Waals surface area contributed by atoms with Crippen LogP contribution in [0.15, 0.2) is 29.2 Å². The number of unbranched alkanes of at least 4 members (excludes halogenated alkanes) is 11. The Kier molecular flexibility index (Phi) is 17.0. The van der Waals surface area contributed by atoms with E-state index < -0.39 is 10.1 Å². The molecular formula is C23H43O3S2+. The lowest BCUT2D eigenvalue weighted by Crippen LogP contribution is -2.00. The lowest BCUT2D eigenvalue weighted by molar-refractivity contribution is 0.483. The van der Waals surface area contributed by atoms with Gasteiger partial charge in [-0.3, -0.25) is 4.55 Å². The van der Waals surface area contributed by atoms with Crippen molar-refractivity contribution in [3.8, 4) is 0 Å². The number of benzene rings is 1. The first-order valence-electron chi connectivity index (χ1n) is 10.9. The van der Waals surface area contributed by atoms with Gasteiger partial charge in [-0.2, -0.15) is 8.42 Å². The van der Waals surface area contributed by atoms with E-state index >= 15 is 0 Å². The molecule has 0 aliphatic rings. The molecule has 5 heteroatoms. The molecule has 0 unspecified atom stereocenters. The zero-order valence-corrected chi connectivity index (χ0v) is 20.2. The summed E-state index contributed by atoms with van der Waals surface area (Å²) in [5.74, 6) is 1.46. The van der Waals surface area contributed by atoms with E-state index in [1.807, 2.05) is 6.92 Å². The van der Waals surface area contributed by atoms with Crippen LogP contribution in [0.25, 0.3) is 0 Å². The van der Waals surface area contributed by atoms with Crippen LogP contribution in [0.3, 0.4) is 0 Å². The van der Waals surface area contributed by atoms with Gasteiger partial charge in [0.25, 0.3) is 10.1 Å². The molecule has 0 spiro atoms. The molecule has 1 rings (SSSR count). The summed E-state index contributed by atoms with van der Waals surface area (Å²) < 4.78 is 29.6. The molecule has 0 radical (unpaired) electrons. The van der Waals surface area contributed by atoms with Crippen LogP contribution in [0, 0.1) is 6.92 Å². The van der Waals surface area contributed by atoms with Crippen LogP contribution in [0.5, 0.6) is 0 Å². The van der Waals surface area contributed by atoms with Crippen LogP contribution in [0.2, 0.25) is 0 Å². The highest BCUT2D eigenvalue weighted by atomic mass is 32.2. The zero-order valence-electron chi connectivity index (χ0n) is 18.6. The van der Waals surface area contributed by atoms with Crippen molar-refractivity contribution in [2.45, 2.75) is 95.8 Å². The van der Waals surface area contributed by atoms with E-state index in [-0.39, 0.29) is 4.90 Å². The van der Waals surface area contributed by atoms with Gasteiger partial charge in [-0.05, 0) is 42.8 Å². The summed E-state index contributed by atoms with van der Waals surface area (Å²) in [6.45, 7) is 4.13. The Morgan fingerprint density at radius 3 is 1.50 bits per heavy atom. The molecule has 0 bridgehead atoms.